The highest BCUT2D eigenvalue weighted by atomic mass is 19.1. The standard InChI is InChI=1S/C21H22FN3O4/c1-21(13-25(20(28)29-21)17-4-2-16(22)3-5-17)15-6-8-24(9-7-15)19(27)14-10-18(26)12-23-11-14/h2-5,10-12,15,26H,6-9,13H2,1H3/t21-/m1/s1. The average Bonchev–Trinajstić information content (AvgIpc) is 3.04. The van der Waals surface area contributed by atoms with Crippen LogP contribution in [0.1, 0.15) is 30.1 Å². The second-order valence-corrected chi connectivity index (χ2v) is 7.74. The average molecular weight is 399 g/mol. The van der Waals surface area contributed by atoms with E-state index >= 15 is 0 Å². The number of cyclic esters (lactones) is 1. The second-order valence-electron chi connectivity index (χ2n) is 7.74. The molecular formula is C21H22FN3O4. The lowest BCUT2D eigenvalue weighted by molar-refractivity contribution is -0.00452. The molecular weight excluding hydrogens is 377 g/mol. The number of hydrogen-bond donors (Lipinski definition) is 1. The van der Waals surface area contributed by atoms with Gasteiger partial charge in [0.05, 0.1) is 18.3 Å². The Morgan fingerprint density at radius 3 is 2.59 bits per heavy atom. The number of benzene rings is 1. The number of rotatable bonds is 3. The maximum atomic E-state index is 13.2. The molecule has 2 aliphatic rings. The number of ether oxygens (including phenoxy) is 1. The van der Waals surface area contributed by atoms with Crippen LogP contribution in [0.25, 0.3) is 0 Å². The van der Waals surface area contributed by atoms with Crippen molar-refractivity contribution in [2.45, 2.75) is 25.4 Å². The molecule has 0 radical (unpaired) electrons. The molecule has 2 fully saturated rings. The predicted molar refractivity (Wildman–Crippen MR) is 103 cm³/mol. The number of piperidine rings is 1. The number of anilines is 1. The van der Waals surface area contributed by atoms with Crippen molar-refractivity contribution in [3.05, 3.63) is 54.1 Å². The van der Waals surface area contributed by atoms with Crippen molar-refractivity contribution < 1.29 is 23.8 Å². The quantitative estimate of drug-likeness (QED) is 0.857. The van der Waals surface area contributed by atoms with E-state index in [-0.39, 0.29) is 23.4 Å². The highest BCUT2D eigenvalue weighted by molar-refractivity contribution is 5.94. The number of halogens is 1. The number of likely N-dealkylation sites (tertiary alicyclic amines) is 1. The summed E-state index contributed by atoms with van der Waals surface area (Å²) in [6.45, 7) is 3.36. The van der Waals surface area contributed by atoms with Crippen molar-refractivity contribution in [3.8, 4) is 5.75 Å². The van der Waals surface area contributed by atoms with Gasteiger partial charge in [0.15, 0.2) is 0 Å². The second kappa shape index (κ2) is 7.35. The molecule has 0 spiro atoms. The molecule has 3 heterocycles. The van der Waals surface area contributed by atoms with E-state index in [0.29, 0.717) is 43.7 Å². The van der Waals surface area contributed by atoms with E-state index in [4.69, 9.17) is 4.74 Å². The van der Waals surface area contributed by atoms with Gasteiger partial charge in [-0.2, -0.15) is 0 Å². The van der Waals surface area contributed by atoms with Crippen LogP contribution in [0, 0.1) is 11.7 Å². The molecule has 152 valence electrons. The van der Waals surface area contributed by atoms with E-state index in [1.54, 1.807) is 17.0 Å². The molecule has 2 amide bonds. The third-order valence-electron chi connectivity index (χ3n) is 5.77. The first-order chi connectivity index (χ1) is 13.9. The number of amides is 2. The molecule has 0 saturated carbocycles. The molecule has 7 nitrogen and oxygen atoms in total. The summed E-state index contributed by atoms with van der Waals surface area (Å²) in [5.41, 5.74) is 0.279. The lowest BCUT2D eigenvalue weighted by Crippen LogP contribution is -2.47. The summed E-state index contributed by atoms with van der Waals surface area (Å²) in [7, 11) is 0. The summed E-state index contributed by atoms with van der Waals surface area (Å²) in [5.74, 6) is -0.475. The highest BCUT2D eigenvalue weighted by Crippen LogP contribution is 2.38. The van der Waals surface area contributed by atoms with E-state index in [0.717, 1.165) is 0 Å². The Bertz CT molecular complexity index is 928. The Labute approximate surface area is 167 Å². The Morgan fingerprint density at radius 2 is 1.93 bits per heavy atom. The molecule has 29 heavy (non-hydrogen) atoms. The van der Waals surface area contributed by atoms with Gasteiger partial charge in [0, 0.05) is 30.9 Å². The van der Waals surface area contributed by atoms with Crippen LogP contribution >= 0.6 is 0 Å². The predicted octanol–water partition coefficient (Wildman–Crippen LogP) is 3.19. The topological polar surface area (TPSA) is 83.0 Å². The Kier molecular flexibility index (Phi) is 4.86. The molecule has 0 unspecified atom stereocenters. The molecule has 1 aromatic heterocycles. The minimum Gasteiger partial charge on any atom is -0.506 e. The molecule has 8 heteroatoms. The van der Waals surface area contributed by atoms with Gasteiger partial charge in [-0.25, -0.2) is 9.18 Å². The van der Waals surface area contributed by atoms with Gasteiger partial charge in [0.25, 0.3) is 5.91 Å². The zero-order valence-corrected chi connectivity index (χ0v) is 16.0. The summed E-state index contributed by atoms with van der Waals surface area (Å²) in [6, 6.07) is 7.17. The van der Waals surface area contributed by atoms with Gasteiger partial charge >= 0.3 is 6.09 Å². The fourth-order valence-electron chi connectivity index (χ4n) is 4.12. The van der Waals surface area contributed by atoms with Crippen molar-refractivity contribution >= 4 is 17.7 Å². The molecule has 2 aliphatic heterocycles. The summed E-state index contributed by atoms with van der Waals surface area (Å²) >= 11 is 0. The maximum Gasteiger partial charge on any atom is 0.415 e. The van der Waals surface area contributed by atoms with Gasteiger partial charge in [-0.05, 0) is 50.1 Å². The summed E-state index contributed by atoms with van der Waals surface area (Å²) in [6.07, 6.45) is 3.67. The number of nitrogens with zero attached hydrogens (tertiary/aromatic N) is 3. The van der Waals surface area contributed by atoms with Crippen molar-refractivity contribution in [1.29, 1.82) is 0 Å². The van der Waals surface area contributed by atoms with Crippen LogP contribution in [-0.2, 0) is 4.74 Å². The van der Waals surface area contributed by atoms with E-state index < -0.39 is 11.7 Å². The lowest BCUT2D eigenvalue weighted by Gasteiger charge is -2.39. The van der Waals surface area contributed by atoms with Crippen LogP contribution in [-0.4, -0.2) is 52.2 Å². The first kappa shape index (κ1) is 19.2. The van der Waals surface area contributed by atoms with Gasteiger partial charge in [0.1, 0.15) is 17.2 Å². The van der Waals surface area contributed by atoms with E-state index in [1.165, 1.54) is 35.5 Å². The highest BCUT2D eigenvalue weighted by Gasteiger charge is 2.48. The third kappa shape index (κ3) is 3.74. The van der Waals surface area contributed by atoms with Crippen molar-refractivity contribution in [2.75, 3.05) is 24.5 Å². The van der Waals surface area contributed by atoms with Crippen LogP contribution in [0.2, 0.25) is 0 Å². The van der Waals surface area contributed by atoms with Crippen LogP contribution in [0.3, 0.4) is 0 Å². The van der Waals surface area contributed by atoms with Gasteiger partial charge in [-0.1, -0.05) is 0 Å². The van der Waals surface area contributed by atoms with Gasteiger partial charge in [0.2, 0.25) is 0 Å². The number of carbonyl (C=O) groups excluding carboxylic acids is 2. The molecule has 1 N–H and O–H groups in total. The largest absolute Gasteiger partial charge is 0.506 e. The number of carbonyl (C=O) groups is 2. The molecule has 2 saturated heterocycles. The molecule has 1 aromatic carbocycles. The lowest BCUT2D eigenvalue weighted by atomic mass is 9.81. The third-order valence-corrected chi connectivity index (χ3v) is 5.77. The number of aromatic nitrogens is 1. The molecule has 4 rings (SSSR count). The minimum atomic E-state index is -0.673. The normalized spacial score (nSPS) is 22.6. The van der Waals surface area contributed by atoms with Gasteiger partial charge in [-0.15, -0.1) is 0 Å². The number of hydrogen-bond acceptors (Lipinski definition) is 5. The Balaban J connectivity index is 1.41. The number of aromatic hydroxyl groups is 1. The smallest absolute Gasteiger partial charge is 0.415 e. The maximum absolute atomic E-state index is 13.2. The van der Waals surface area contributed by atoms with E-state index in [9.17, 15) is 19.1 Å². The van der Waals surface area contributed by atoms with Crippen molar-refractivity contribution in [1.82, 2.24) is 9.88 Å². The molecule has 2 aromatic rings. The van der Waals surface area contributed by atoms with Gasteiger partial charge in [-0.3, -0.25) is 14.7 Å². The molecule has 0 bridgehead atoms. The molecule has 1 atom stereocenters. The SMILES string of the molecule is C[C@]1(C2CCN(C(=O)c3cncc(O)c3)CC2)CN(c2ccc(F)cc2)C(=O)O1. The number of pyridine rings is 1. The minimum absolute atomic E-state index is 0.0444. The van der Waals surface area contributed by atoms with Crippen molar-refractivity contribution in [2.24, 2.45) is 5.92 Å². The fraction of sp³-hybridized carbons (Fsp3) is 0.381. The van der Waals surface area contributed by atoms with Crippen LogP contribution < -0.4 is 4.90 Å². The van der Waals surface area contributed by atoms with Crippen LogP contribution in [0.5, 0.6) is 5.75 Å². The van der Waals surface area contributed by atoms with Crippen LogP contribution in [0.15, 0.2) is 42.7 Å². The Hall–Kier alpha value is -3.16. The summed E-state index contributed by atoms with van der Waals surface area (Å²) < 4.78 is 18.9. The zero-order valence-electron chi connectivity index (χ0n) is 16.0. The van der Waals surface area contributed by atoms with E-state index in [1.807, 2.05) is 6.92 Å². The van der Waals surface area contributed by atoms with E-state index in [2.05, 4.69) is 4.98 Å². The molecule has 0 aliphatic carbocycles. The summed E-state index contributed by atoms with van der Waals surface area (Å²) in [4.78, 5) is 32.2. The Morgan fingerprint density at radius 1 is 1.24 bits per heavy atom. The first-order valence-electron chi connectivity index (χ1n) is 9.55. The van der Waals surface area contributed by atoms with Crippen molar-refractivity contribution in [3.63, 3.8) is 0 Å². The monoisotopic (exact) mass is 399 g/mol. The van der Waals surface area contributed by atoms with Crippen LogP contribution in [0.4, 0.5) is 14.9 Å². The fourth-order valence-corrected chi connectivity index (χ4v) is 4.12. The summed E-state index contributed by atoms with van der Waals surface area (Å²) in [5, 5.41) is 9.53. The zero-order chi connectivity index (χ0) is 20.6. The first-order valence-corrected chi connectivity index (χ1v) is 9.55. The van der Waals surface area contributed by atoms with Gasteiger partial charge < -0.3 is 14.7 Å².